The minimum Gasteiger partial charge on any atom is -0.378 e. The summed E-state index contributed by atoms with van der Waals surface area (Å²) >= 11 is 5.50. The van der Waals surface area contributed by atoms with E-state index in [9.17, 15) is 0 Å². The Bertz CT molecular complexity index is 389. The molecule has 1 atom stereocenters. The van der Waals surface area contributed by atoms with Crippen molar-refractivity contribution in [2.45, 2.75) is 25.6 Å². The van der Waals surface area contributed by atoms with Crippen molar-refractivity contribution in [3.8, 4) is 0 Å². The highest BCUT2D eigenvalue weighted by Gasteiger charge is 2.13. The molecule has 204 valence electrons. The second-order valence-electron chi connectivity index (χ2n) is 7.25. The van der Waals surface area contributed by atoms with Crippen molar-refractivity contribution in [3.63, 3.8) is 0 Å². The van der Waals surface area contributed by atoms with Crippen LogP contribution in [-0.4, -0.2) is 131 Å². The first-order chi connectivity index (χ1) is 16.9. The molecule has 1 aliphatic heterocycles. The molecule has 1 unspecified atom stereocenters. The molecule has 0 radical (unpaired) electrons. The molecule has 1 fully saturated rings. The summed E-state index contributed by atoms with van der Waals surface area (Å²) in [6, 6.07) is 0. The van der Waals surface area contributed by atoms with Gasteiger partial charge in [-0.25, -0.2) is 0 Å². The van der Waals surface area contributed by atoms with Gasteiger partial charge in [0.15, 0.2) is 6.29 Å². The molecule has 0 bridgehead atoms. The predicted octanol–water partition coefficient (Wildman–Crippen LogP) is 1.90. The van der Waals surface area contributed by atoms with E-state index in [1.807, 2.05) is 0 Å². The highest BCUT2D eigenvalue weighted by molar-refractivity contribution is 6.17. The van der Waals surface area contributed by atoms with Gasteiger partial charge in [0.2, 0.25) is 0 Å². The van der Waals surface area contributed by atoms with Crippen LogP contribution in [0.25, 0.3) is 0 Å². The number of hydrogen-bond donors (Lipinski definition) is 0. The van der Waals surface area contributed by atoms with Gasteiger partial charge in [-0.3, -0.25) is 0 Å². The molecule has 0 aromatic rings. The van der Waals surface area contributed by atoms with Crippen LogP contribution in [0.15, 0.2) is 0 Å². The van der Waals surface area contributed by atoms with E-state index < -0.39 is 0 Å². The fraction of sp³-hybridized carbons (Fsp3) is 1.00. The van der Waals surface area contributed by atoms with E-state index in [0.29, 0.717) is 118 Å². The first-order valence-corrected chi connectivity index (χ1v) is 12.9. The maximum absolute atomic E-state index is 5.59. The minimum absolute atomic E-state index is 0.0590. The van der Waals surface area contributed by atoms with E-state index in [1.54, 1.807) is 0 Å². The van der Waals surface area contributed by atoms with Crippen molar-refractivity contribution < 1.29 is 47.4 Å². The molecule has 0 aromatic carbocycles. The summed E-state index contributed by atoms with van der Waals surface area (Å²) in [7, 11) is 0. The Kier molecular flexibility index (Phi) is 25.8. The first-order valence-electron chi connectivity index (χ1n) is 12.3. The van der Waals surface area contributed by atoms with Crippen molar-refractivity contribution in [3.05, 3.63) is 0 Å². The maximum Gasteiger partial charge on any atom is 0.157 e. The highest BCUT2D eigenvalue weighted by Crippen LogP contribution is 2.13. The minimum atomic E-state index is -0.0590. The van der Waals surface area contributed by atoms with Crippen LogP contribution < -0.4 is 0 Å². The van der Waals surface area contributed by atoms with Crippen LogP contribution in [0.1, 0.15) is 19.3 Å². The number of ether oxygens (including phenoxy) is 10. The topological polar surface area (TPSA) is 92.3 Å². The van der Waals surface area contributed by atoms with Gasteiger partial charge in [0, 0.05) is 12.5 Å². The van der Waals surface area contributed by atoms with E-state index in [4.69, 9.17) is 59.0 Å². The smallest absolute Gasteiger partial charge is 0.157 e. The standard InChI is InChI=1S/C23H45ClO10/c24-4-6-25-7-8-26-9-10-27-11-12-28-13-14-29-15-16-30-17-18-31-19-20-32-21-22-34-23-3-1-2-5-33-23/h23H,1-22H2. The molecule has 0 amide bonds. The molecule has 0 N–H and O–H groups in total. The van der Waals surface area contributed by atoms with E-state index in [2.05, 4.69) is 0 Å². The quantitative estimate of drug-likeness (QED) is 0.119. The summed E-state index contributed by atoms with van der Waals surface area (Å²) < 4.78 is 54.3. The number of hydrogen-bond acceptors (Lipinski definition) is 10. The Labute approximate surface area is 209 Å². The summed E-state index contributed by atoms with van der Waals surface area (Å²) in [5.41, 5.74) is 0. The molecule has 1 heterocycles. The van der Waals surface area contributed by atoms with Crippen LogP contribution in [0.3, 0.4) is 0 Å². The zero-order valence-corrected chi connectivity index (χ0v) is 21.4. The third-order valence-electron chi connectivity index (χ3n) is 4.49. The molecule has 10 nitrogen and oxygen atoms in total. The number of rotatable bonds is 27. The van der Waals surface area contributed by atoms with Gasteiger partial charge < -0.3 is 47.4 Å². The molecule has 1 saturated heterocycles. The third-order valence-corrected chi connectivity index (χ3v) is 4.65. The lowest BCUT2D eigenvalue weighted by Crippen LogP contribution is -2.24. The van der Waals surface area contributed by atoms with E-state index >= 15 is 0 Å². The molecule has 0 aromatic heterocycles. The van der Waals surface area contributed by atoms with Gasteiger partial charge in [0.25, 0.3) is 0 Å². The summed E-state index contributed by atoms with van der Waals surface area (Å²) in [4.78, 5) is 0. The van der Waals surface area contributed by atoms with Gasteiger partial charge in [-0.15, -0.1) is 11.6 Å². The van der Waals surface area contributed by atoms with Crippen LogP contribution in [0, 0.1) is 0 Å². The van der Waals surface area contributed by atoms with Crippen molar-refractivity contribution in [2.24, 2.45) is 0 Å². The van der Waals surface area contributed by atoms with Crippen molar-refractivity contribution in [1.82, 2.24) is 0 Å². The molecule has 1 rings (SSSR count). The lowest BCUT2D eigenvalue weighted by molar-refractivity contribution is -0.169. The van der Waals surface area contributed by atoms with Crippen molar-refractivity contribution >= 4 is 11.6 Å². The average Bonchev–Trinajstić information content (AvgIpc) is 2.87. The van der Waals surface area contributed by atoms with Gasteiger partial charge in [0.05, 0.1) is 112 Å². The Morgan fingerprint density at radius 3 is 1.15 bits per heavy atom. The summed E-state index contributed by atoms with van der Waals surface area (Å²) in [6.07, 6.45) is 3.21. The number of halogens is 1. The predicted molar refractivity (Wildman–Crippen MR) is 127 cm³/mol. The van der Waals surface area contributed by atoms with E-state index in [0.717, 1.165) is 19.4 Å². The second kappa shape index (κ2) is 27.5. The van der Waals surface area contributed by atoms with Crippen LogP contribution >= 0.6 is 11.6 Å². The van der Waals surface area contributed by atoms with Crippen molar-refractivity contribution in [1.29, 1.82) is 0 Å². The van der Waals surface area contributed by atoms with Crippen molar-refractivity contribution in [2.75, 3.05) is 125 Å². The monoisotopic (exact) mass is 516 g/mol. The summed E-state index contributed by atoms with van der Waals surface area (Å²) in [6.45, 7) is 9.94. The second-order valence-corrected chi connectivity index (χ2v) is 7.63. The molecular formula is C23H45ClO10. The first kappa shape index (κ1) is 31.9. The Hall–Kier alpha value is -0.110. The SMILES string of the molecule is ClCCOCCOCCOCCOCCOCCOCCOCCOCCOC1CCCCO1. The lowest BCUT2D eigenvalue weighted by Gasteiger charge is -2.22. The Morgan fingerprint density at radius 2 is 0.824 bits per heavy atom. The molecular weight excluding hydrogens is 472 g/mol. The van der Waals surface area contributed by atoms with Gasteiger partial charge >= 0.3 is 0 Å². The maximum atomic E-state index is 5.59. The van der Waals surface area contributed by atoms with Crippen LogP contribution in [-0.2, 0) is 47.4 Å². The largest absolute Gasteiger partial charge is 0.378 e. The fourth-order valence-electron chi connectivity index (χ4n) is 2.78. The van der Waals surface area contributed by atoms with Gasteiger partial charge in [-0.05, 0) is 19.3 Å². The Balaban J connectivity index is 1.61. The summed E-state index contributed by atoms with van der Waals surface area (Å²) in [5, 5.41) is 0. The van der Waals surface area contributed by atoms with Gasteiger partial charge in [-0.2, -0.15) is 0 Å². The van der Waals surface area contributed by atoms with E-state index in [-0.39, 0.29) is 6.29 Å². The molecule has 0 aliphatic carbocycles. The zero-order valence-electron chi connectivity index (χ0n) is 20.6. The highest BCUT2D eigenvalue weighted by atomic mass is 35.5. The molecule has 0 saturated carbocycles. The normalized spacial score (nSPS) is 16.3. The zero-order chi connectivity index (χ0) is 24.2. The van der Waals surface area contributed by atoms with Crippen LogP contribution in [0.4, 0.5) is 0 Å². The molecule has 34 heavy (non-hydrogen) atoms. The average molecular weight is 517 g/mol. The van der Waals surface area contributed by atoms with Crippen LogP contribution in [0.5, 0.6) is 0 Å². The lowest BCUT2D eigenvalue weighted by atomic mass is 10.2. The van der Waals surface area contributed by atoms with E-state index in [1.165, 1.54) is 6.42 Å². The van der Waals surface area contributed by atoms with Gasteiger partial charge in [-0.1, -0.05) is 0 Å². The summed E-state index contributed by atoms with van der Waals surface area (Å²) in [5.74, 6) is 0.503. The molecule has 11 heteroatoms. The number of alkyl halides is 1. The third kappa shape index (κ3) is 23.6. The fourth-order valence-corrected chi connectivity index (χ4v) is 2.89. The van der Waals surface area contributed by atoms with Crippen LogP contribution in [0.2, 0.25) is 0 Å². The van der Waals surface area contributed by atoms with Gasteiger partial charge in [0.1, 0.15) is 0 Å². The molecule has 1 aliphatic rings. The Morgan fingerprint density at radius 1 is 0.471 bits per heavy atom. The molecule has 0 spiro atoms.